The highest BCUT2D eigenvalue weighted by atomic mass is 14.7. The van der Waals surface area contributed by atoms with Crippen molar-refractivity contribution < 1.29 is 0 Å². The van der Waals surface area contributed by atoms with Gasteiger partial charge in [0.25, 0.3) is 0 Å². The Kier molecular flexibility index (Phi) is 3.79. The van der Waals surface area contributed by atoms with Gasteiger partial charge in [0.05, 0.1) is 0 Å². The molecular formula is C19H17N. The molecule has 1 aromatic heterocycles. The van der Waals surface area contributed by atoms with Crippen molar-refractivity contribution in [1.29, 1.82) is 0 Å². The molecular weight excluding hydrogens is 242 g/mol. The average molecular weight is 259 g/mol. The van der Waals surface area contributed by atoms with Crippen LogP contribution in [0.4, 0.5) is 0 Å². The van der Waals surface area contributed by atoms with Gasteiger partial charge in [0.1, 0.15) is 0 Å². The quantitative estimate of drug-likeness (QED) is 0.688. The summed E-state index contributed by atoms with van der Waals surface area (Å²) in [6, 6.07) is 25.1. The average Bonchev–Trinajstić information content (AvgIpc) is 3.04. The molecule has 3 rings (SSSR count). The molecule has 20 heavy (non-hydrogen) atoms. The number of H-pyrrole nitrogens is 1. The van der Waals surface area contributed by atoms with Crippen molar-refractivity contribution in [2.45, 2.75) is 5.92 Å². The summed E-state index contributed by atoms with van der Waals surface area (Å²) < 4.78 is 0. The predicted molar refractivity (Wildman–Crippen MR) is 84.6 cm³/mol. The highest BCUT2D eigenvalue weighted by Crippen LogP contribution is 2.25. The van der Waals surface area contributed by atoms with E-state index in [4.69, 9.17) is 0 Å². The van der Waals surface area contributed by atoms with E-state index in [1.54, 1.807) is 0 Å². The molecule has 0 aliphatic carbocycles. The van der Waals surface area contributed by atoms with Crippen LogP contribution < -0.4 is 0 Å². The summed E-state index contributed by atoms with van der Waals surface area (Å²) in [5.74, 6) is 0.256. The molecule has 0 saturated carbocycles. The molecule has 2 aromatic carbocycles. The van der Waals surface area contributed by atoms with Crippen LogP contribution in [0.5, 0.6) is 0 Å². The van der Waals surface area contributed by atoms with Crippen molar-refractivity contribution in [1.82, 2.24) is 4.98 Å². The van der Waals surface area contributed by atoms with E-state index in [1.165, 1.54) is 16.8 Å². The van der Waals surface area contributed by atoms with Crippen LogP contribution in [0.25, 0.3) is 6.08 Å². The van der Waals surface area contributed by atoms with Gasteiger partial charge in [-0.3, -0.25) is 0 Å². The van der Waals surface area contributed by atoms with Gasteiger partial charge in [-0.25, -0.2) is 0 Å². The molecule has 0 radical (unpaired) electrons. The van der Waals surface area contributed by atoms with Gasteiger partial charge in [-0.2, -0.15) is 0 Å². The van der Waals surface area contributed by atoms with Gasteiger partial charge >= 0.3 is 0 Å². The number of hydrogen-bond acceptors (Lipinski definition) is 0. The maximum absolute atomic E-state index is 3.32. The lowest BCUT2D eigenvalue weighted by Crippen LogP contribution is -1.97. The second-order valence-corrected chi connectivity index (χ2v) is 4.78. The number of aromatic nitrogens is 1. The summed E-state index contributed by atoms with van der Waals surface area (Å²) in [5, 5.41) is 0. The van der Waals surface area contributed by atoms with Gasteiger partial charge in [0.15, 0.2) is 0 Å². The lowest BCUT2D eigenvalue weighted by Gasteiger charge is -2.11. The van der Waals surface area contributed by atoms with E-state index < -0.39 is 0 Å². The molecule has 1 unspecified atom stereocenters. The lowest BCUT2D eigenvalue weighted by molar-refractivity contribution is 0.977. The molecule has 1 heterocycles. The summed E-state index contributed by atoms with van der Waals surface area (Å²) in [7, 11) is 0. The predicted octanol–water partition coefficient (Wildman–Crippen LogP) is 4.86. The van der Waals surface area contributed by atoms with Crippen LogP contribution >= 0.6 is 0 Å². The van der Waals surface area contributed by atoms with E-state index >= 15 is 0 Å². The van der Waals surface area contributed by atoms with Crippen molar-refractivity contribution in [3.63, 3.8) is 0 Å². The van der Waals surface area contributed by atoms with Gasteiger partial charge in [-0.1, -0.05) is 72.8 Å². The fraction of sp³-hybridized carbons (Fsp3) is 0.0526. The molecule has 1 nitrogen and oxygen atoms in total. The van der Waals surface area contributed by atoms with Crippen LogP contribution in [0.3, 0.4) is 0 Å². The van der Waals surface area contributed by atoms with Crippen molar-refractivity contribution >= 4 is 6.08 Å². The first-order valence-electron chi connectivity index (χ1n) is 6.85. The van der Waals surface area contributed by atoms with E-state index in [9.17, 15) is 0 Å². The minimum Gasteiger partial charge on any atom is -0.364 e. The van der Waals surface area contributed by atoms with Gasteiger partial charge < -0.3 is 4.98 Å². The third-order valence-electron chi connectivity index (χ3n) is 3.40. The first-order chi connectivity index (χ1) is 9.93. The van der Waals surface area contributed by atoms with Crippen molar-refractivity contribution in [3.05, 3.63) is 102 Å². The molecule has 98 valence electrons. The second-order valence-electron chi connectivity index (χ2n) is 4.78. The van der Waals surface area contributed by atoms with E-state index in [2.05, 4.69) is 77.8 Å². The third-order valence-corrected chi connectivity index (χ3v) is 3.40. The molecule has 0 aliphatic rings. The first-order valence-corrected chi connectivity index (χ1v) is 6.85. The monoisotopic (exact) mass is 259 g/mol. The Morgan fingerprint density at radius 1 is 0.750 bits per heavy atom. The van der Waals surface area contributed by atoms with E-state index in [-0.39, 0.29) is 5.92 Å². The van der Waals surface area contributed by atoms with E-state index in [1.807, 2.05) is 18.3 Å². The molecule has 3 aromatic rings. The second kappa shape index (κ2) is 6.07. The highest BCUT2D eigenvalue weighted by Gasteiger charge is 2.10. The maximum Gasteiger partial charge on any atom is 0.0424 e. The Bertz CT molecular complexity index is 652. The zero-order valence-corrected chi connectivity index (χ0v) is 11.2. The zero-order chi connectivity index (χ0) is 13.6. The lowest BCUT2D eigenvalue weighted by atomic mass is 9.94. The Hall–Kier alpha value is -2.54. The summed E-state index contributed by atoms with van der Waals surface area (Å²) in [4.78, 5) is 3.32. The Labute approximate surface area is 119 Å². The molecule has 0 saturated heterocycles. The normalized spacial score (nSPS) is 12.6. The maximum atomic E-state index is 3.32. The summed E-state index contributed by atoms with van der Waals surface area (Å²) in [5.41, 5.74) is 3.73. The van der Waals surface area contributed by atoms with Gasteiger partial charge in [0.2, 0.25) is 0 Å². The summed E-state index contributed by atoms with van der Waals surface area (Å²) >= 11 is 0. The Balaban J connectivity index is 1.93. The van der Waals surface area contributed by atoms with Gasteiger partial charge in [-0.15, -0.1) is 0 Å². The van der Waals surface area contributed by atoms with Gasteiger partial charge in [0, 0.05) is 17.8 Å². The summed E-state index contributed by atoms with van der Waals surface area (Å²) in [6.45, 7) is 0. The Morgan fingerprint density at radius 2 is 1.45 bits per heavy atom. The number of benzene rings is 2. The van der Waals surface area contributed by atoms with Crippen LogP contribution in [-0.2, 0) is 0 Å². The smallest absolute Gasteiger partial charge is 0.0424 e. The molecule has 1 atom stereocenters. The highest BCUT2D eigenvalue weighted by molar-refractivity contribution is 5.52. The zero-order valence-electron chi connectivity index (χ0n) is 11.2. The van der Waals surface area contributed by atoms with Crippen LogP contribution in [0, 0.1) is 0 Å². The van der Waals surface area contributed by atoms with Crippen molar-refractivity contribution in [3.8, 4) is 0 Å². The fourth-order valence-corrected chi connectivity index (χ4v) is 2.36. The van der Waals surface area contributed by atoms with Crippen LogP contribution in [-0.4, -0.2) is 4.98 Å². The van der Waals surface area contributed by atoms with Gasteiger partial charge in [-0.05, 0) is 23.3 Å². The van der Waals surface area contributed by atoms with Crippen LogP contribution in [0.1, 0.15) is 22.7 Å². The molecule has 1 heteroatoms. The molecule has 0 spiro atoms. The molecule has 0 bridgehead atoms. The number of allylic oxidation sites excluding steroid dienone is 1. The number of rotatable bonds is 4. The fourth-order valence-electron chi connectivity index (χ4n) is 2.36. The molecule has 1 N–H and O–H groups in total. The number of aromatic amines is 1. The Morgan fingerprint density at radius 3 is 2.10 bits per heavy atom. The van der Waals surface area contributed by atoms with Crippen LogP contribution in [0.15, 0.2) is 85.1 Å². The van der Waals surface area contributed by atoms with Crippen molar-refractivity contribution in [2.24, 2.45) is 0 Å². The largest absolute Gasteiger partial charge is 0.364 e. The molecule has 0 aliphatic heterocycles. The van der Waals surface area contributed by atoms with Crippen molar-refractivity contribution in [2.75, 3.05) is 0 Å². The minimum absolute atomic E-state index is 0.256. The molecule has 0 amide bonds. The first kappa shape index (κ1) is 12.5. The third kappa shape index (κ3) is 2.89. The standard InChI is InChI=1S/C19H17N/c1-3-8-16(9-4-1)13-14-18(19-12-7-15-20-19)17-10-5-2-6-11-17/h1-15,18,20H/b14-13+. The topological polar surface area (TPSA) is 15.8 Å². The van der Waals surface area contributed by atoms with Crippen LogP contribution in [0.2, 0.25) is 0 Å². The van der Waals surface area contributed by atoms with E-state index in [0.29, 0.717) is 0 Å². The van der Waals surface area contributed by atoms with E-state index in [0.717, 1.165) is 0 Å². The number of hydrogen-bond donors (Lipinski definition) is 1. The minimum atomic E-state index is 0.256. The SMILES string of the molecule is C(=C\C(c1ccccc1)c1ccc[nH]1)/c1ccccc1. The molecule has 0 fully saturated rings. The number of nitrogens with one attached hydrogen (secondary N) is 1. The summed E-state index contributed by atoms with van der Waals surface area (Å²) in [6.07, 6.45) is 6.40.